The Labute approximate surface area is 161 Å². The molecule has 1 amide bonds. The van der Waals surface area contributed by atoms with Crippen molar-refractivity contribution in [2.24, 2.45) is 0 Å². The summed E-state index contributed by atoms with van der Waals surface area (Å²) in [6.45, 7) is 3.40. The van der Waals surface area contributed by atoms with Crippen LogP contribution in [0.3, 0.4) is 0 Å². The Bertz CT molecular complexity index is 788. The van der Waals surface area contributed by atoms with E-state index in [1.54, 1.807) is 0 Å². The third kappa shape index (κ3) is 5.39. The fraction of sp³-hybridized carbons (Fsp3) is 0.350. The van der Waals surface area contributed by atoms with Crippen molar-refractivity contribution in [3.63, 3.8) is 0 Å². The lowest BCUT2D eigenvalue weighted by Crippen LogP contribution is -2.36. The van der Waals surface area contributed by atoms with Crippen LogP contribution >= 0.6 is 0 Å². The van der Waals surface area contributed by atoms with Crippen LogP contribution in [-0.2, 0) is 15.7 Å². The van der Waals surface area contributed by atoms with Gasteiger partial charge in [0.1, 0.15) is 0 Å². The normalized spacial score (nSPS) is 14.6. The van der Waals surface area contributed by atoms with Gasteiger partial charge in [0.25, 0.3) is 0 Å². The Kier molecular flexibility index (Phi) is 6.41. The summed E-state index contributed by atoms with van der Waals surface area (Å²) in [5, 5.41) is 5.88. The molecule has 1 aliphatic heterocycles. The van der Waals surface area contributed by atoms with Crippen LogP contribution in [0.4, 0.5) is 30.2 Å². The van der Waals surface area contributed by atoms with Crippen molar-refractivity contribution in [3.8, 4) is 0 Å². The van der Waals surface area contributed by atoms with Crippen LogP contribution in [0, 0.1) is 0 Å². The van der Waals surface area contributed by atoms with E-state index in [0.29, 0.717) is 25.4 Å². The summed E-state index contributed by atoms with van der Waals surface area (Å²) in [4.78, 5) is 14.3. The minimum atomic E-state index is -4.39. The highest BCUT2D eigenvalue weighted by Crippen LogP contribution is 2.30. The second-order valence-corrected chi connectivity index (χ2v) is 6.42. The number of morpholine rings is 1. The van der Waals surface area contributed by atoms with Crippen LogP contribution in [0.15, 0.2) is 48.5 Å². The van der Waals surface area contributed by atoms with Gasteiger partial charge >= 0.3 is 6.18 Å². The number of halogens is 3. The van der Waals surface area contributed by atoms with E-state index in [-0.39, 0.29) is 12.3 Å². The van der Waals surface area contributed by atoms with Crippen molar-refractivity contribution < 1.29 is 22.7 Å². The smallest absolute Gasteiger partial charge is 0.383 e. The maximum atomic E-state index is 12.6. The van der Waals surface area contributed by atoms with Gasteiger partial charge in [0.15, 0.2) is 0 Å². The predicted octanol–water partition coefficient (Wildman–Crippen LogP) is 3.98. The van der Waals surface area contributed by atoms with Gasteiger partial charge in [0, 0.05) is 31.7 Å². The second kappa shape index (κ2) is 8.97. The summed E-state index contributed by atoms with van der Waals surface area (Å²) in [6, 6.07) is 12.3. The Morgan fingerprint density at radius 2 is 1.71 bits per heavy atom. The topological polar surface area (TPSA) is 53.6 Å². The number of carbonyl (C=O) groups excluding carboxylic acids is 1. The molecule has 0 unspecified atom stereocenters. The average molecular weight is 393 g/mol. The van der Waals surface area contributed by atoms with E-state index < -0.39 is 11.7 Å². The first-order valence-electron chi connectivity index (χ1n) is 9.06. The minimum absolute atomic E-state index is 0.193. The third-order valence-electron chi connectivity index (χ3n) is 4.42. The summed E-state index contributed by atoms with van der Waals surface area (Å²) >= 11 is 0. The molecule has 1 fully saturated rings. The molecule has 1 saturated heterocycles. The quantitative estimate of drug-likeness (QED) is 0.780. The third-order valence-corrected chi connectivity index (χ3v) is 4.42. The average Bonchev–Trinajstić information content (AvgIpc) is 2.69. The molecule has 0 radical (unpaired) electrons. The van der Waals surface area contributed by atoms with E-state index in [0.717, 1.165) is 36.6 Å². The zero-order valence-corrected chi connectivity index (χ0v) is 15.3. The highest BCUT2D eigenvalue weighted by molar-refractivity contribution is 5.91. The van der Waals surface area contributed by atoms with Gasteiger partial charge in [-0.2, -0.15) is 13.2 Å². The molecule has 2 aromatic rings. The number of rotatable bonds is 6. The standard InChI is InChI=1S/C20H22F3N3O2/c21-20(22,23)15-5-7-16(8-6-15)25-19(27)9-10-24-17-3-1-2-4-18(17)26-11-13-28-14-12-26/h1-8,24H,9-14H2,(H,25,27). The molecule has 0 aromatic heterocycles. The van der Waals surface area contributed by atoms with E-state index >= 15 is 0 Å². The van der Waals surface area contributed by atoms with Crippen LogP contribution < -0.4 is 15.5 Å². The molecule has 1 heterocycles. The maximum Gasteiger partial charge on any atom is 0.416 e. The van der Waals surface area contributed by atoms with Crippen LogP contribution in [0.25, 0.3) is 0 Å². The molecule has 5 nitrogen and oxygen atoms in total. The molecule has 0 bridgehead atoms. The first-order chi connectivity index (χ1) is 13.4. The van der Waals surface area contributed by atoms with E-state index in [4.69, 9.17) is 4.74 Å². The first-order valence-corrected chi connectivity index (χ1v) is 9.06. The van der Waals surface area contributed by atoms with Gasteiger partial charge in [0.05, 0.1) is 30.2 Å². The molecule has 2 aromatic carbocycles. The lowest BCUT2D eigenvalue weighted by Gasteiger charge is -2.30. The molecule has 150 valence electrons. The van der Waals surface area contributed by atoms with Crippen molar-refractivity contribution >= 4 is 23.0 Å². The number of hydrogen-bond acceptors (Lipinski definition) is 4. The molecule has 0 spiro atoms. The number of amides is 1. The fourth-order valence-electron chi connectivity index (χ4n) is 2.98. The van der Waals surface area contributed by atoms with Gasteiger partial charge in [-0.25, -0.2) is 0 Å². The van der Waals surface area contributed by atoms with Crippen LogP contribution in [0.1, 0.15) is 12.0 Å². The molecule has 0 atom stereocenters. The van der Waals surface area contributed by atoms with Gasteiger partial charge in [-0.3, -0.25) is 4.79 Å². The zero-order valence-electron chi connectivity index (χ0n) is 15.3. The number of benzene rings is 2. The summed E-state index contributed by atoms with van der Waals surface area (Å²) in [5.74, 6) is -0.267. The summed E-state index contributed by atoms with van der Waals surface area (Å²) in [7, 11) is 0. The number of ether oxygens (including phenoxy) is 1. The lowest BCUT2D eigenvalue weighted by atomic mass is 10.2. The molecule has 2 N–H and O–H groups in total. The number of carbonyl (C=O) groups is 1. The van der Waals surface area contributed by atoms with Gasteiger partial charge in [-0.1, -0.05) is 12.1 Å². The molecular formula is C20H22F3N3O2. The summed E-state index contributed by atoms with van der Waals surface area (Å²) in [6.07, 6.45) is -4.20. The molecule has 3 rings (SSSR count). The van der Waals surface area contributed by atoms with E-state index in [1.165, 1.54) is 12.1 Å². The summed E-state index contributed by atoms with van der Waals surface area (Å²) < 4.78 is 43.1. The van der Waals surface area contributed by atoms with Gasteiger partial charge in [-0.05, 0) is 36.4 Å². The van der Waals surface area contributed by atoms with Crippen LogP contribution in [0.5, 0.6) is 0 Å². The SMILES string of the molecule is O=C(CCNc1ccccc1N1CCOCC1)Nc1ccc(C(F)(F)F)cc1. The first kappa shape index (κ1) is 20.0. The maximum absolute atomic E-state index is 12.6. The van der Waals surface area contributed by atoms with Crippen molar-refractivity contribution in [1.29, 1.82) is 0 Å². The van der Waals surface area contributed by atoms with Crippen LogP contribution in [0.2, 0.25) is 0 Å². The number of nitrogens with zero attached hydrogens (tertiary/aromatic N) is 1. The molecule has 0 saturated carbocycles. The monoisotopic (exact) mass is 393 g/mol. The van der Waals surface area contributed by atoms with Crippen molar-refractivity contribution in [1.82, 2.24) is 0 Å². The Morgan fingerprint density at radius 3 is 2.39 bits per heavy atom. The van der Waals surface area contributed by atoms with E-state index in [1.807, 2.05) is 24.3 Å². The molecule has 1 aliphatic rings. The number of alkyl halides is 3. The Morgan fingerprint density at radius 1 is 1.04 bits per heavy atom. The van der Waals surface area contributed by atoms with E-state index in [9.17, 15) is 18.0 Å². The second-order valence-electron chi connectivity index (χ2n) is 6.42. The fourth-order valence-corrected chi connectivity index (χ4v) is 2.98. The van der Waals surface area contributed by atoms with Gasteiger partial charge in [-0.15, -0.1) is 0 Å². The molecule has 0 aliphatic carbocycles. The number of nitrogens with one attached hydrogen (secondary N) is 2. The van der Waals surface area contributed by atoms with Gasteiger partial charge < -0.3 is 20.3 Å². The number of para-hydroxylation sites is 2. The minimum Gasteiger partial charge on any atom is -0.383 e. The lowest BCUT2D eigenvalue weighted by molar-refractivity contribution is -0.137. The predicted molar refractivity (Wildman–Crippen MR) is 103 cm³/mol. The largest absolute Gasteiger partial charge is 0.416 e. The van der Waals surface area contributed by atoms with Crippen LogP contribution in [-0.4, -0.2) is 38.8 Å². The molecule has 8 heteroatoms. The highest BCUT2D eigenvalue weighted by Gasteiger charge is 2.29. The van der Waals surface area contributed by atoms with Crippen molar-refractivity contribution in [2.45, 2.75) is 12.6 Å². The van der Waals surface area contributed by atoms with Crippen molar-refractivity contribution in [2.75, 3.05) is 48.4 Å². The van der Waals surface area contributed by atoms with Gasteiger partial charge in [0.2, 0.25) is 5.91 Å². The Balaban J connectivity index is 1.50. The molecular weight excluding hydrogens is 371 g/mol. The highest BCUT2D eigenvalue weighted by atomic mass is 19.4. The number of anilines is 3. The van der Waals surface area contributed by atoms with Crippen molar-refractivity contribution in [3.05, 3.63) is 54.1 Å². The molecule has 28 heavy (non-hydrogen) atoms. The Hall–Kier alpha value is -2.74. The number of hydrogen-bond donors (Lipinski definition) is 2. The summed E-state index contributed by atoms with van der Waals surface area (Å²) in [5.41, 5.74) is 1.60. The van der Waals surface area contributed by atoms with E-state index in [2.05, 4.69) is 15.5 Å². The zero-order chi connectivity index (χ0) is 20.0.